The first-order valence-corrected chi connectivity index (χ1v) is 8.71. The van der Waals surface area contributed by atoms with Crippen LogP contribution in [0.1, 0.15) is 23.0 Å². The summed E-state index contributed by atoms with van der Waals surface area (Å²) in [5.41, 5.74) is 4.84. The number of aromatic nitrogens is 2. The van der Waals surface area contributed by atoms with Gasteiger partial charge in [-0.2, -0.15) is 10.2 Å². The fraction of sp³-hybridized carbons (Fsp3) is 0.0556. The minimum atomic E-state index is -0.495. The fourth-order valence-corrected chi connectivity index (χ4v) is 2.86. The number of nitrogens with zero attached hydrogens (tertiary/aromatic N) is 3. The molecule has 3 rings (SSSR count). The summed E-state index contributed by atoms with van der Waals surface area (Å²) < 4.78 is 0. The molecular formula is C18H13Cl2N5O3. The fourth-order valence-electron chi connectivity index (χ4n) is 2.36. The normalized spacial score (nSPS) is 11.3. The van der Waals surface area contributed by atoms with Crippen LogP contribution >= 0.6 is 23.2 Å². The van der Waals surface area contributed by atoms with Crippen molar-refractivity contribution in [3.63, 3.8) is 0 Å². The van der Waals surface area contributed by atoms with Crippen LogP contribution in [0.2, 0.25) is 10.0 Å². The SMILES string of the molecule is C/C(=N\NC(=O)c1cc(-c2ccc(Cl)cc2Cl)n[nH]1)c1ccc([N+](=O)[O-])cc1. The Morgan fingerprint density at radius 1 is 1.18 bits per heavy atom. The molecule has 1 heterocycles. The van der Waals surface area contributed by atoms with E-state index in [1.54, 1.807) is 43.3 Å². The van der Waals surface area contributed by atoms with Gasteiger partial charge in [-0.15, -0.1) is 0 Å². The van der Waals surface area contributed by atoms with E-state index in [2.05, 4.69) is 20.7 Å². The zero-order chi connectivity index (χ0) is 20.3. The zero-order valence-corrected chi connectivity index (χ0v) is 16.0. The number of aromatic amines is 1. The Hall–Kier alpha value is -3.23. The van der Waals surface area contributed by atoms with Crippen LogP contribution < -0.4 is 5.43 Å². The first-order valence-electron chi connectivity index (χ1n) is 7.95. The van der Waals surface area contributed by atoms with E-state index in [1.165, 1.54) is 12.1 Å². The molecule has 0 fully saturated rings. The predicted octanol–water partition coefficient (Wildman–Crippen LogP) is 4.45. The topological polar surface area (TPSA) is 113 Å². The Morgan fingerprint density at radius 3 is 2.54 bits per heavy atom. The Bertz CT molecular complexity index is 1080. The van der Waals surface area contributed by atoms with Crippen LogP contribution in [0.3, 0.4) is 0 Å². The molecule has 2 N–H and O–H groups in total. The van der Waals surface area contributed by atoms with Gasteiger partial charge in [0.15, 0.2) is 0 Å². The number of nitro benzene ring substituents is 1. The number of H-pyrrole nitrogens is 1. The summed E-state index contributed by atoms with van der Waals surface area (Å²) in [6.45, 7) is 1.67. The minimum absolute atomic E-state index is 0.0218. The van der Waals surface area contributed by atoms with Crippen molar-refractivity contribution in [3.05, 3.63) is 79.9 Å². The van der Waals surface area contributed by atoms with Crippen molar-refractivity contribution in [2.24, 2.45) is 5.10 Å². The highest BCUT2D eigenvalue weighted by molar-refractivity contribution is 6.36. The molecule has 10 heteroatoms. The third-order valence-corrected chi connectivity index (χ3v) is 4.40. The van der Waals surface area contributed by atoms with Gasteiger partial charge in [0, 0.05) is 22.7 Å². The molecule has 0 unspecified atom stereocenters. The number of rotatable bonds is 5. The van der Waals surface area contributed by atoms with E-state index in [0.29, 0.717) is 32.6 Å². The highest BCUT2D eigenvalue weighted by atomic mass is 35.5. The molecule has 1 amide bonds. The van der Waals surface area contributed by atoms with E-state index < -0.39 is 10.8 Å². The van der Waals surface area contributed by atoms with Gasteiger partial charge in [-0.3, -0.25) is 20.0 Å². The van der Waals surface area contributed by atoms with Gasteiger partial charge in [0.1, 0.15) is 5.69 Å². The average molecular weight is 418 g/mol. The lowest BCUT2D eigenvalue weighted by Crippen LogP contribution is -2.19. The number of halogens is 2. The second-order valence-corrected chi connectivity index (χ2v) is 6.58. The predicted molar refractivity (Wildman–Crippen MR) is 107 cm³/mol. The third kappa shape index (κ3) is 4.36. The lowest BCUT2D eigenvalue weighted by molar-refractivity contribution is -0.384. The number of hydrogen-bond acceptors (Lipinski definition) is 5. The maximum Gasteiger partial charge on any atom is 0.289 e. The van der Waals surface area contributed by atoms with Crippen molar-refractivity contribution in [2.45, 2.75) is 6.92 Å². The molecule has 0 aliphatic rings. The van der Waals surface area contributed by atoms with E-state index >= 15 is 0 Å². The average Bonchev–Trinajstić information content (AvgIpc) is 3.15. The number of hydrogen-bond donors (Lipinski definition) is 2. The molecule has 0 saturated carbocycles. The lowest BCUT2D eigenvalue weighted by Gasteiger charge is -2.02. The van der Waals surface area contributed by atoms with Gasteiger partial charge in [0.2, 0.25) is 0 Å². The molecule has 0 bridgehead atoms. The van der Waals surface area contributed by atoms with Gasteiger partial charge < -0.3 is 0 Å². The third-order valence-electron chi connectivity index (χ3n) is 3.85. The molecule has 1 aromatic heterocycles. The maximum absolute atomic E-state index is 12.3. The second-order valence-electron chi connectivity index (χ2n) is 5.73. The minimum Gasteiger partial charge on any atom is -0.272 e. The number of nitro groups is 1. The number of carbonyl (C=O) groups excluding carboxylic acids is 1. The molecule has 3 aromatic rings. The van der Waals surface area contributed by atoms with Gasteiger partial charge in [-0.05, 0) is 48.9 Å². The van der Waals surface area contributed by atoms with Crippen LogP contribution in [0.15, 0.2) is 53.6 Å². The Labute approximate surface area is 169 Å². The van der Waals surface area contributed by atoms with E-state index in [0.717, 1.165) is 0 Å². The Morgan fingerprint density at radius 2 is 1.89 bits per heavy atom. The van der Waals surface area contributed by atoms with E-state index in [-0.39, 0.29) is 11.4 Å². The molecule has 0 aliphatic heterocycles. The molecule has 0 atom stereocenters. The summed E-state index contributed by atoms with van der Waals surface area (Å²) in [5, 5.41) is 22.3. The summed E-state index contributed by atoms with van der Waals surface area (Å²) >= 11 is 12.0. The quantitative estimate of drug-likeness (QED) is 0.362. The second kappa shape index (κ2) is 8.20. The van der Waals surface area contributed by atoms with Crippen molar-refractivity contribution in [3.8, 4) is 11.3 Å². The first-order chi connectivity index (χ1) is 13.3. The molecule has 28 heavy (non-hydrogen) atoms. The van der Waals surface area contributed by atoms with Crippen LogP contribution in [-0.2, 0) is 0 Å². The summed E-state index contributed by atoms with van der Waals surface area (Å²) in [6.07, 6.45) is 0. The molecule has 142 valence electrons. The van der Waals surface area contributed by atoms with Gasteiger partial charge in [0.05, 0.1) is 21.4 Å². The van der Waals surface area contributed by atoms with Crippen molar-refractivity contribution in [2.75, 3.05) is 0 Å². The van der Waals surface area contributed by atoms with Crippen LogP contribution in [0, 0.1) is 10.1 Å². The number of hydrazone groups is 1. The van der Waals surface area contributed by atoms with E-state index in [9.17, 15) is 14.9 Å². The molecule has 0 spiro atoms. The largest absolute Gasteiger partial charge is 0.289 e. The van der Waals surface area contributed by atoms with Crippen LogP contribution in [0.4, 0.5) is 5.69 Å². The van der Waals surface area contributed by atoms with Crippen LogP contribution in [-0.4, -0.2) is 26.7 Å². The van der Waals surface area contributed by atoms with E-state index in [4.69, 9.17) is 23.2 Å². The smallest absolute Gasteiger partial charge is 0.272 e. The number of carbonyl (C=O) groups is 1. The molecule has 2 aromatic carbocycles. The molecular weight excluding hydrogens is 405 g/mol. The summed E-state index contributed by atoms with van der Waals surface area (Å²) in [4.78, 5) is 22.5. The van der Waals surface area contributed by atoms with Crippen molar-refractivity contribution < 1.29 is 9.72 Å². The molecule has 0 aliphatic carbocycles. The van der Waals surface area contributed by atoms with Crippen molar-refractivity contribution >= 4 is 40.5 Å². The highest BCUT2D eigenvalue weighted by Crippen LogP contribution is 2.29. The van der Waals surface area contributed by atoms with Crippen molar-refractivity contribution in [1.82, 2.24) is 15.6 Å². The summed E-state index contributed by atoms with van der Waals surface area (Å²) in [7, 11) is 0. The molecule has 0 saturated heterocycles. The van der Waals surface area contributed by atoms with E-state index in [1.807, 2.05) is 0 Å². The van der Waals surface area contributed by atoms with Gasteiger partial charge in [0.25, 0.3) is 11.6 Å². The number of benzene rings is 2. The van der Waals surface area contributed by atoms with Crippen LogP contribution in [0.5, 0.6) is 0 Å². The standard InChI is InChI=1S/C18H13Cl2N5O3/c1-10(11-2-5-13(6-3-11)25(27)28)21-24-18(26)17-9-16(22-23-17)14-7-4-12(19)8-15(14)20/h2-9H,1H3,(H,22,23)(H,24,26)/b21-10+. The Kier molecular flexibility index (Phi) is 5.72. The lowest BCUT2D eigenvalue weighted by atomic mass is 10.1. The molecule has 8 nitrogen and oxygen atoms in total. The maximum atomic E-state index is 12.3. The van der Waals surface area contributed by atoms with Gasteiger partial charge >= 0.3 is 0 Å². The summed E-state index contributed by atoms with van der Waals surface area (Å²) in [6, 6.07) is 12.4. The van der Waals surface area contributed by atoms with Crippen molar-refractivity contribution in [1.29, 1.82) is 0 Å². The monoisotopic (exact) mass is 417 g/mol. The number of nitrogens with one attached hydrogen (secondary N) is 2. The zero-order valence-electron chi connectivity index (χ0n) is 14.4. The van der Waals surface area contributed by atoms with Crippen LogP contribution in [0.25, 0.3) is 11.3 Å². The van der Waals surface area contributed by atoms with Gasteiger partial charge in [-0.1, -0.05) is 23.2 Å². The number of amides is 1. The highest BCUT2D eigenvalue weighted by Gasteiger charge is 2.13. The molecule has 0 radical (unpaired) electrons. The summed E-state index contributed by atoms with van der Waals surface area (Å²) in [5.74, 6) is -0.495. The van der Waals surface area contributed by atoms with Gasteiger partial charge in [-0.25, -0.2) is 5.43 Å². The number of non-ortho nitro benzene ring substituents is 1. The Balaban J connectivity index is 1.72. The first kappa shape index (κ1) is 19.5.